The number of nitrogens with zero attached hydrogens (tertiary/aromatic N) is 2. The van der Waals surface area contributed by atoms with E-state index < -0.39 is 0 Å². The zero-order valence-electron chi connectivity index (χ0n) is 14.0. The molecule has 1 aliphatic rings. The first-order chi connectivity index (χ1) is 12.6. The second kappa shape index (κ2) is 8.87. The Bertz CT molecular complexity index is 827. The summed E-state index contributed by atoms with van der Waals surface area (Å²) in [4.78, 5) is 29.9. The van der Waals surface area contributed by atoms with Crippen LogP contribution < -0.4 is 10.2 Å². The van der Waals surface area contributed by atoms with Crippen molar-refractivity contribution in [1.29, 1.82) is 0 Å². The number of para-hydroxylation sites is 1. The van der Waals surface area contributed by atoms with Crippen LogP contribution in [0.4, 0.5) is 5.69 Å². The monoisotopic (exact) mass is 387 g/mol. The van der Waals surface area contributed by atoms with Gasteiger partial charge in [-0.3, -0.25) is 19.5 Å². The topological polar surface area (TPSA) is 61.8 Å². The molecule has 1 aliphatic heterocycles. The van der Waals surface area contributed by atoms with Gasteiger partial charge < -0.3 is 5.32 Å². The number of rotatable bonds is 6. The molecule has 0 saturated heterocycles. The van der Waals surface area contributed by atoms with Gasteiger partial charge in [-0.25, -0.2) is 0 Å². The van der Waals surface area contributed by atoms with E-state index in [-0.39, 0.29) is 24.1 Å². The van der Waals surface area contributed by atoms with Gasteiger partial charge in [0, 0.05) is 6.54 Å². The third-order valence-electron chi connectivity index (χ3n) is 3.79. The SMILES string of the molecule is O=C(CSC1=NCC(=O)N1c1ccccc1Cl)NCCc1ccccc1. The van der Waals surface area contributed by atoms with Gasteiger partial charge in [-0.1, -0.05) is 65.8 Å². The summed E-state index contributed by atoms with van der Waals surface area (Å²) in [6.07, 6.45) is 0.780. The quantitative estimate of drug-likeness (QED) is 0.828. The lowest BCUT2D eigenvalue weighted by Gasteiger charge is -2.19. The summed E-state index contributed by atoms with van der Waals surface area (Å²) in [6, 6.07) is 17.1. The van der Waals surface area contributed by atoms with Crippen LogP contribution in [0.3, 0.4) is 0 Å². The van der Waals surface area contributed by atoms with Crippen LogP contribution in [0.2, 0.25) is 5.02 Å². The third kappa shape index (κ3) is 4.65. The van der Waals surface area contributed by atoms with Crippen molar-refractivity contribution in [3.05, 3.63) is 65.2 Å². The first kappa shape index (κ1) is 18.5. The van der Waals surface area contributed by atoms with Crippen molar-refractivity contribution < 1.29 is 9.59 Å². The maximum Gasteiger partial charge on any atom is 0.254 e. The summed E-state index contributed by atoms with van der Waals surface area (Å²) in [5.74, 6) is -0.0424. The molecular weight excluding hydrogens is 370 g/mol. The van der Waals surface area contributed by atoms with E-state index in [0.717, 1.165) is 6.42 Å². The van der Waals surface area contributed by atoms with Crippen LogP contribution >= 0.6 is 23.4 Å². The number of hydrogen-bond acceptors (Lipinski definition) is 4. The highest BCUT2D eigenvalue weighted by Crippen LogP contribution is 2.30. The molecule has 1 heterocycles. The summed E-state index contributed by atoms with van der Waals surface area (Å²) in [6.45, 7) is 0.645. The molecule has 1 N–H and O–H groups in total. The standard InChI is InChI=1S/C19H18ClN3O2S/c20-15-8-4-5-9-16(15)23-18(25)12-22-19(23)26-13-17(24)21-11-10-14-6-2-1-3-7-14/h1-9H,10-13H2,(H,21,24). The Morgan fingerprint density at radius 3 is 2.65 bits per heavy atom. The van der Waals surface area contributed by atoms with Crippen LogP contribution in [0.5, 0.6) is 0 Å². The number of halogens is 1. The largest absolute Gasteiger partial charge is 0.355 e. The normalized spacial score (nSPS) is 13.7. The van der Waals surface area contributed by atoms with Gasteiger partial charge >= 0.3 is 0 Å². The average molecular weight is 388 g/mol. The van der Waals surface area contributed by atoms with Crippen molar-refractivity contribution in [1.82, 2.24) is 5.32 Å². The van der Waals surface area contributed by atoms with Crippen molar-refractivity contribution in [2.75, 3.05) is 23.7 Å². The molecule has 3 rings (SSSR count). The van der Waals surface area contributed by atoms with E-state index in [1.807, 2.05) is 36.4 Å². The van der Waals surface area contributed by atoms with Gasteiger partial charge in [-0.2, -0.15) is 0 Å². The fourth-order valence-electron chi connectivity index (χ4n) is 2.54. The Morgan fingerprint density at radius 1 is 1.15 bits per heavy atom. The van der Waals surface area contributed by atoms with Crippen LogP contribution in [0.15, 0.2) is 59.6 Å². The Morgan fingerprint density at radius 2 is 1.88 bits per heavy atom. The lowest BCUT2D eigenvalue weighted by Crippen LogP contribution is -2.33. The van der Waals surface area contributed by atoms with Crippen molar-refractivity contribution in [3.8, 4) is 0 Å². The highest BCUT2D eigenvalue weighted by Gasteiger charge is 2.29. The fourth-order valence-corrected chi connectivity index (χ4v) is 3.60. The number of nitrogens with one attached hydrogen (secondary N) is 1. The molecule has 5 nitrogen and oxygen atoms in total. The minimum atomic E-state index is -0.148. The summed E-state index contributed by atoms with van der Waals surface area (Å²) >= 11 is 7.43. The maximum atomic E-state index is 12.1. The Labute approximate surface area is 161 Å². The van der Waals surface area contributed by atoms with Gasteiger partial charge in [0.25, 0.3) is 5.91 Å². The predicted octanol–water partition coefficient (Wildman–Crippen LogP) is 3.13. The number of benzene rings is 2. The van der Waals surface area contributed by atoms with Crippen LogP contribution in [0, 0.1) is 0 Å². The zero-order valence-corrected chi connectivity index (χ0v) is 15.6. The number of hydrogen-bond donors (Lipinski definition) is 1. The summed E-state index contributed by atoms with van der Waals surface area (Å²) in [5, 5.41) is 3.86. The number of thioether (sulfide) groups is 1. The fraction of sp³-hybridized carbons (Fsp3) is 0.211. The molecule has 134 valence electrons. The summed E-state index contributed by atoms with van der Waals surface area (Å²) < 4.78 is 0. The van der Waals surface area contributed by atoms with Crippen LogP contribution in [0.25, 0.3) is 0 Å². The van der Waals surface area contributed by atoms with Crippen molar-refractivity contribution >= 4 is 46.0 Å². The number of carbonyl (C=O) groups excluding carboxylic acids is 2. The molecule has 2 aromatic rings. The Kier molecular flexibility index (Phi) is 6.30. The Hall–Kier alpha value is -2.31. The van der Waals surface area contributed by atoms with Gasteiger partial charge in [0.2, 0.25) is 5.91 Å². The molecule has 2 amide bonds. The van der Waals surface area contributed by atoms with E-state index in [1.54, 1.807) is 18.2 Å². The number of aliphatic imine (C=N–C) groups is 1. The highest BCUT2D eigenvalue weighted by molar-refractivity contribution is 8.14. The molecular formula is C19H18ClN3O2S. The lowest BCUT2D eigenvalue weighted by molar-refractivity contribution is -0.118. The first-order valence-electron chi connectivity index (χ1n) is 8.20. The molecule has 0 radical (unpaired) electrons. The number of anilines is 1. The highest BCUT2D eigenvalue weighted by atomic mass is 35.5. The maximum absolute atomic E-state index is 12.1. The van der Waals surface area contributed by atoms with E-state index in [2.05, 4.69) is 10.3 Å². The number of amidine groups is 1. The van der Waals surface area contributed by atoms with E-state index >= 15 is 0 Å². The van der Waals surface area contributed by atoms with Crippen LogP contribution in [-0.2, 0) is 16.0 Å². The molecule has 7 heteroatoms. The third-order valence-corrected chi connectivity index (χ3v) is 5.09. The van der Waals surface area contributed by atoms with E-state index in [0.29, 0.717) is 22.4 Å². The molecule has 0 atom stereocenters. The molecule has 0 unspecified atom stereocenters. The molecule has 0 aliphatic carbocycles. The second-order valence-corrected chi connectivity index (χ2v) is 7.00. The molecule has 2 aromatic carbocycles. The van der Waals surface area contributed by atoms with E-state index in [1.165, 1.54) is 22.2 Å². The van der Waals surface area contributed by atoms with Crippen molar-refractivity contribution in [2.45, 2.75) is 6.42 Å². The van der Waals surface area contributed by atoms with Crippen LogP contribution in [0.1, 0.15) is 5.56 Å². The molecule has 0 bridgehead atoms. The molecule has 0 spiro atoms. The van der Waals surface area contributed by atoms with Crippen LogP contribution in [-0.4, -0.2) is 35.8 Å². The first-order valence-corrected chi connectivity index (χ1v) is 9.57. The Balaban J connectivity index is 1.51. The molecule has 0 saturated carbocycles. The number of carbonyl (C=O) groups is 2. The minimum absolute atomic E-state index is 0.0726. The summed E-state index contributed by atoms with van der Waals surface area (Å²) in [5.41, 5.74) is 1.77. The minimum Gasteiger partial charge on any atom is -0.355 e. The van der Waals surface area contributed by atoms with Gasteiger partial charge in [0.05, 0.1) is 16.5 Å². The average Bonchev–Trinajstić information content (AvgIpc) is 3.02. The van der Waals surface area contributed by atoms with E-state index in [9.17, 15) is 9.59 Å². The zero-order chi connectivity index (χ0) is 18.4. The van der Waals surface area contributed by atoms with Crippen molar-refractivity contribution in [2.24, 2.45) is 4.99 Å². The van der Waals surface area contributed by atoms with Gasteiger partial charge in [-0.05, 0) is 24.1 Å². The van der Waals surface area contributed by atoms with Gasteiger partial charge in [0.15, 0.2) is 5.17 Å². The molecule has 0 fully saturated rings. The molecule has 26 heavy (non-hydrogen) atoms. The number of amides is 2. The predicted molar refractivity (Wildman–Crippen MR) is 107 cm³/mol. The summed E-state index contributed by atoms with van der Waals surface area (Å²) in [7, 11) is 0. The lowest BCUT2D eigenvalue weighted by atomic mass is 10.1. The molecule has 0 aromatic heterocycles. The van der Waals surface area contributed by atoms with Crippen molar-refractivity contribution in [3.63, 3.8) is 0 Å². The smallest absolute Gasteiger partial charge is 0.254 e. The van der Waals surface area contributed by atoms with Gasteiger partial charge in [0.1, 0.15) is 6.54 Å². The van der Waals surface area contributed by atoms with Gasteiger partial charge in [-0.15, -0.1) is 0 Å². The second-order valence-electron chi connectivity index (χ2n) is 5.65. The van der Waals surface area contributed by atoms with E-state index in [4.69, 9.17) is 11.6 Å².